The Kier molecular flexibility index (Phi) is 3.96. The van der Waals surface area contributed by atoms with Crippen molar-refractivity contribution < 1.29 is 9.53 Å². The predicted molar refractivity (Wildman–Crippen MR) is 83.4 cm³/mol. The molecule has 0 atom stereocenters. The monoisotopic (exact) mass is 293 g/mol. The van der Waals surface area contributed by atoms with E-state index in [1.165, 1.54) is 0 Å². The molecule has 0 unspecified atom stereocenters. The van der Waals surface area contributed by atoms with Gasteiger partial charge in [0.05, 0.1) is 24.2 Å². The first-order valence-corrected chi connectivity index (χ1v) is 7.01. The second-order valence-corrected chi connectivity index (χ2v) is 4.64. The highest BCUT2D eigenvalue weighted by atomic mass is 16.5. The van der Waals surface area contributed by atoms with Crippen LogP contribution in [-0.4, -0.2) is 27.7 Å². The highest BCUT2D eigenvalue weighted by Gasteiger charge is 2.11. The number of carbonyl (C=O) groups excluding carboxylic acids is 1. The summed E-state index contributed by atoms with van der Waals surface area (Å²) in [5.74, 6) is 0.565. The van der Waals surface area contributed by atoms with Crippen LogP contribution in [0.25, 0.3) is 16.9 Å². The zero-order chi connectivity index (χ0) is 15.4. The van der Waals surface area contributed by atoms with Crippen molar-refractivity contribution in [2.45, 2.75) is 6.92 Å². The van der Waals surface area contributed by atoms with Crippen LogP contribution in [0.1, 0.15) is 17.4 Å². The molecule has 0 aliphatic carbocycles. The minimum Gasteiger partial charge on any atom is -0.478 e. The number of aromatic nitrogens is 3. The Hall–Kier alpha value is -2.95. The van der Waals surface area contributed by atoms with Crippen LogP contribution in [0.5, 0.6) is 5.88 Å². The van der Waals surface area contributed by atoms with Crippen LogP contribution in [0.3, 0.4) is 0 Å². The number of nitrogens with zero attached hydrogens (tertiary/aromatic N) is 3. The van der Waals surface area contributed by atoms with Crippen LogP contribution < -0.4 is 4.74 Å². The zero-order valence-electron chi connectivity index (χ0n) is 12.1. The van der Waals surface area contributed by atoms with Crippen molar-refractivity contribution in [2.75, 3.05) is 6.61 Å². The molecular formula is C17H15N3O2. The number of hydrogen-bond donors (Lipinski definition) is 0. The van der Waals surface area contributed by atoms with E-state index in [1.807, 2.05) is 43.3 Å². The molecule has 0 saturated carbocycles. The third-order valence-electron chi connectivity index (χ3n) is 3.18. The maximum Gasteiger partial charge on any atom is 0.213 e. The molecule has 0 aliphatic rings. The number of benzene rings is 1. The Balaban J connectivity index is 2.06. The number of aldehydes is 1. The fraction of sp³-hybridized carbons (Fsp3) is 0.118. The SMILES string of the molecule is CCOc1ccc(-n2nc(C=O)cc2-c2ccccc2)cn1. The van der Waals surface area contributed by atoms with Crippen molar-refractivity contribution in [3.8, 4) is 22.8 Å². The maximum atomic E-state index is 11.1. The average molecular weight is 293 g/mol. The highest BCUT2D eigenvalue weighted by molar-refractivity contribution is 5.76. The van der Waals surface area contributed by atoms with E-state index in [9.17, 15) is 4.79 Å². The van der Waals surface area contributed by atoms with Crippen LogP contribution in [-0.2, 0) is 0 Å². The molecule has 2 heterocycles. The molecule has 0 spiro atoms. The molecule has 0 aliphatic heterocycles. The molecule has 5 heteroatoms. The fourth-order valence-corrected chi connectivity index (χ4v) is 2.20. The summed E-state index contributed by atoms with van der Waals surface area (Å²) in [5.41, 5.74) is 2.98. The van der Waals surface area contributed by atoms with E-state index in [0.29, 0.717) is 18.2 Å². The summed E-state index contributed by atoms with van der Waals surface area (Å²) in [6.07, 6.45) is 2.42. The van der Waals surface area contributed by atoms with E-state index in [-0.39, 0.29) is 0 Å². The van der Waals surface area contributed by atoms with Crippen molar-refractivity contribution in [1.29, 1.82) is 0 Å². The first-order chi connectivity index (χ1) is 10.8. The average Bonchev–Trinajstić information content (AvgIpc) is 3.01. The Morgan fingerprint density at radius 3 is 2.64 bits per heavy atom. The van der Waals surface area contributed by atoms with E-state index in [4.69, 9.17) is 4.74 Å². The standard InChI is InChI=1S/C17H15N3O2/c1-2-22-17-9-8-15(11-18-17)20-16(10-14(12-21)19-20)13-6-4-3-5-7-13/h3-12H,2H2,1H3. The smallest absolute Gasteiger partial charge is 0.213 e. The molecule has 0 amide bonds. The van der Waals surface area contributed by atoms with Gasteiger partial charge in [-0.1, -0.05) is 30.3 Å². The second-order valence-electron chi connectivity index (χ2n) is 4.64. The summed E-state index contributed by atoms with van der Waals surface area (Å²) >= 11 is 0. The van der Waals surface area contributed by atoms with Gasteiger partial charge in [-0.15, -0.1) is 0 Å². The van der Waals surface area contributed by atoms with Crippen molar-refractivity contribution in [2.24, 2.45) is 0 Å². The summed E-state index contributed by atoms with van der Waals surface area (Å²) in [6.45, 7) is 2.48. The lowest BCUT2D eigenvalue weighted by Crippen LogP contribution is -2.01. The molecule has 22 heavy (non-hydrogen) atoms. The topological polar surface area (TPSA) is 57.0 Å². The van der Waals surface area contributed by atoms with E-state index in [1.54, 1.807) is 23.0 Å². The molecule has 0 bridgehead atoms. The van der Waals surface area contributed by atoms with Crippen molar-refractivity contribution in [1.82, 2.24) is 14.8 Å². The van der Waals surface area contributed by atoms with Gasteiger partial charge in [-0.05, 0) is 19.1 Å². The Bertz CT molecular complexity index is 764. The summed E-state index contributed by atoms with van der Waals surface area (Å²) in [7, 11) is 0. The molecular weight excluding hydrogens is 278 g/mol. The Morgan fingerprint density at radius 2 is 2.00 bits per heavy atom. The van der Waals surface area contributed by atoms with Crippen molar-refractivity contribution >= 4 is 6.29 Å². The van der Waals surface area contributed by atoms with Gasteiger partial charge < -0.3 is 4.74 Å². The van der Waals surface area contributed by atoms with Crippen LogP contribution in [0.2, 0.25) is 0 Å². The molecule has 0 N–H and O–H groups in total. The third-order valence-corrected chi connectivity index (χ3v) is 3.18. The minimum atomic E-state index is 0.382. The number of pyridine rings is 1. The minimum absolute atomic E-state index is 0.382. The zero-order valence-corrected chi connectivity index (χ0v) is 12.1. The molecule has 110 valence electrons. The first kappa shape index (κ1) is 14.0. The van der Waals surface area contributed by atoms with Crippen LogP contribution in [0, 0.1) is 0 Å². The first-order valence-electron chi connectivity index (χ1n) is 7.01. The largest absolute Gasteiger partial charge is 0.478 e. The summed E-state index contributed by atoms with van der Waals surface area (Å²) in [5, 5.41) is 4.32. The van der Waals surface area contributed by atoms with E-state index in [2.05, 4.69) is 10.1 Å². The van der Waals surface area contributed by atoms with Crippen molar-refractivity contribution in [3.05, 3.63) is 60.4 Å². The fourth-order valence-electron chi connectivity index (χ4n) is 2.20. The summed E-state index contributed by atoms with van der Waals surface area (Å²) in [6, 6.07) is 15.2. The van der Waals surface area contributed by atoms with Gasteiger partial charge in [-0.2, -0.15) is 5.10 Å². The molecule has 0 saturated heterocycles. The lowest BCUT2D eigenvalue weighted by molar-refractivity contribution is 0.111. The molecule has 2 aromatic heterocycles. The van der Waals surface area contributed by atoms with Gasteiger partial charge in [0.2, 0.25) is 5.88 Å². The molecule has 3 aromatic rings. The number of ether oxygens (including phenoxy) is 1. The number of carbonyl (C=O) groups is 1. The van der Waals surface area contributed by atoms with Gasteiger partial charge in [0.1, 0.15) is 5.69 Å². The van der Waals surface area contributed by atoms with Crippen LogP contribution in [0.15, 0.2) is 54.7 Å². The van der Waals surface area contributed by atoms with E-state index in [0.717, 1.165) is 23.2 Å². The molecule has 0 fully saturated rings. The normalized spacial score (nSPS) is 10.4. The van der Waals surface area contributed by atoms with Gasteiger partial charge in [0.25, 0.3) is 0 Å². The lowest BCUT2D eigenvalue weighted by Gasteiger charge is -2.08. The van der Waals surface area contributed by atoms with E-state index < -0.39 is 0 Å². The van der Waals surface area contributed by atoms with Gasteiger partial charge in [-0.25, -0.2) is 9.67 Å². The third kappa shape index (κ3) is 2.74. The van der Waals surface area contributed by atoms with Crippen LogP contribution in [0.4, 0.5) is 0 Å². The Morgan fingerprint density at radius 1 is 1.18 bits per heavy atom. The summed E-state index contributed by atoms with van der Waals surface area (Å²) < 4.78 is 7.05. The quantitative estimate of drug-likeness (QED) is 0.678. The second kappa shape index (κ2) is 6.22. The molecule has 1 aromatic carbocycles. The van der Waals surface area contributed by atoms with Gasteiger partial charge in [0, 0.05) is 11.6 Å². The predicted octanol–water partition coefficient (Wildman–Crippen LogP) is 3.15. The van der Waals surface area contributed by atoms with Gasteiger partial charge in [-0.3, -0.25) is 4.79 Å². The van der Waals surface area contributed by atoms with Crippen molar-refractivity contribution in [3.63, 3.8) is 0 Å². The maximum absolute atomic E-state index is 11.1. The van der Waals surface area contributed by atoms with Crippen LogP contribution >= 0.6 is 0 Å². The summed E-state index contributed by atoms with van der Waals surface area (Å²) in [4.78, 5) is 15.3. The van der Waals surface area contributed by atoms with Gasteiger partial charge >= 0.3 is 0 Å². The molecule has 0 radical (unpaired) electrons. The molecule has 5 nitrogen and oxygen atoms in total. The number of hydrogen-bond acceptors (Lipinski definition) is 4. The lowest BCUT2D eigenvalue weighted by atomic mass is 10.1. The number of rotatable bonds is 5. The highest BCUT2D eigenvalue weighted by Crippen LogP contribution is 2.23. The van der Waals surface area contributed by atoms with Gasteiger partial charge in [0.15, 0.2) is 6.29 Å². The van der Waals surface area contributed by atoms with E-state index >= 15 is 0 Å². The Labute approximate surface area is 128 Å². The molecule has 3 rings (SSSR count).